The third-order valence-corrected chi connectivity index (χ3v) is 5.78. The molecule has 21 heavy (non-hydrogen) atoms. The van der Waals surface area contributed by atoms with E-state index in [0.717, 1.165) is 19.4 Å². The zero-order valence-corrected chi connectivity index (χ0v) is 15.4. The Kier molecular flexibility index (Phi) is 6.03. The molecule has 0 bridgehead atoms. The van der Waals surface area contributed by atoms with Gasteiger partial charge in [-0.25, -0.2) is 0 Å². The van der Waals surface area contributed by atoms with Crippen molar-refractivity contribution in [3.63, 3.8) is 0 Å². The van der Waals surface area contributed by atoms with Gasteiger partial charge in [0, 0.05) is 26.2 Å². The van der Waals surface area contributed by atoms with Crippen LogP contribution in [-0.2, 0) is 11.8 Å². The number of rotatable bonds is 7. The number of halogens is 1. The number of thiophene rings is 1. The smallest absolute Gasteiger partial charge is 0.0285 e. The molecule has 114 valence electrons. The van der Waals surface area contributed by atoms with E-state index in [1.807, 2.05) is 11.3 Å². The van der Waals surface area contributed by atoms with Gasteiger partial charge in [-0.15, -0.1) is 11.3 Å². The molecular weight excluding hydrogens is 342 g/mol. The summed E-state index contributed by atoms with van der Waals surface area (Å²) in [6.07, 6.45) is 2.23. The van der Waals surface area contributed by atoms with E-state index in [2.05, 4.69) is 83.8 Å². The molecule has 1 aromatic heterocycles. The largest absolute Gasteiger partial charge is 0.313 e. The van der Waals surface area contributed by atoms with Gasteiger partial charge in [0.25, 0.3) is 0 Å². The summed E-state index contributed by atoms with van der Waals surface area (Å²) < 4.78 is 1.19. The molecule has 2 aromatic rings. The highest BCUT2D eigenvalue weighted by Crippen LogP contribution is 2.31. The van der Waals surface area contributed by atoms with Crippen molar-refractivity contribution in [2.75, 3.05) is 6.54 Å². The van der Waals surface area contributed by atoms with E-state index in [1.54, 1.807) is 0 Å². The average Bonchev–Trinajstić information content (AvgIpc) is 2.89. The molecule has 0 saturated heterocycles. The Labute approximate surface area is 140 Å². The van der Waals surface area contributed by atoms with Crippen LogP contribution in [0.25, 0.3) is 0 Å². The van der Waals surface area contributed by atoms with Gasteiger partial charge in [0.15, 0.2) is 0 Å². The molecule has 2 rings (SSSR count). The summed E-state index contributed by atoms with van der Waals surface area (Å²) in [5.74, 6) is 0. The molecule has 1 nitrogen and oxygen atoms in total. The van der Waals surface area contributed by atoms with Crippen LogP contribution in [0.3, 0.4) is 0 Å². The van der Waals surface area contributed by atoms with E-state index in [0.29, 0.717) is 6.04 Å². The maximum absolute atomic E-state index is 3.76. The highest BCUT2D eigenvalue weighted by atomic mass is 79.9. The van der Waals surface area contributed by atoms with Crippen LogP contribution in [0.5, 0.6) is 0 Å². The normalized spacial score (nSPS) is 13.3. The molecule has 1 unspecified atom stereocenters. The first-order valence-corrected chi connectivity index (χ1v) is 9.23. The topological polar surface area (TPSA) is 12.0 Å². The fraction of sp³-hybridized carbons (Fsp3) is 0.444. The summed E-state index contributed by atoms with van der Waals surface area (Å²) in [4.78, 5) is 1.43. The SMILES string of the molecule is CCCNC(Cc1cc(Br)cs1)C(C)(C)c1ccccc1. The standard InChI is InChI=1S/C18H24BrNS/c1-4-10-20-17(12-16-11-15(19)13-21-16)18(2,3)14-8-6-5-7-9-14/h5-9,11,13,17,20H,4,10,12H2,1-3H3. The number of nitrogens with one attached hydrogen (secondary N) is 1. The third kappa shape index (κ3) is 4.41. The highest BCUT2D eigenvalue weighted by Gasteiger charge is 2.31. The summed E-state index contributed by atoms with van der Waals surface area (Å²) in [5.41, 5.74) is 1.50. The van der Waals surface area contributed by atoms with Crippen molar-refractivity contribution < 1.29 is 0 Å². The summed E-state index contributed by atoms with van der Waals surface area (Å²) in [6, 6.07) is 13.5. The van der Waals surface area contributed by atoms with Crippen LogP contribution in [0.2, 0.25) is 0 Å². The number of hydrogen-bond donors (Lipinski definition) is 1. The van der Waals surface area contributed by atoms with Gasteiger partial charge in [0.05, 0.1) is 0 Å². The quantitative estimate of drug-likeness (QED) is 0.692. The summed E-state index contributed by atoms with van der Waals surface area (Å²) >= 11 is 5.40. The molecule has 1 aromatic carbocycles. The van der Waals surface area contributed by atoms with Gasteiger partial charge in [-0.05, 0) is 46.9 Å². The molecule has 0 aliphatic rings. The second kappa shape index (κ2) is 7.57. The molecule has 0 aliphatic heterocycles. The van der Waals surface area contributed by atoms with E-state index in [1.165, 1.54) is 14.9 Å². The van der Waals surface area contributed by atoms with Crippen molar-refractivity contribution in [3.05, 3.63) is 56.7 Å². The molecule has 0 radical (unpaired) electrons. The van der Waals surface area contributed by atoms with Crippen LogP contribution in [0.15, 0.2) is 46.3 Å². The maximum Gasteiger partial charge on any atom is 0.0285 e. The third-order valence-electron chi connectivity index (χ3n) is 4.06. The van der Waals surface area contributed by atoms with E-state index >= 15 is 0 Å². The lowest BCUT2D eigenvalue weighted by molar-refractivity contribution is 0.339. The second-order valence-corrected chi connectivity index (χ2v) is 7.94. The first-order valence-electron chi connectivity index (χ1n) is 7.56. The van der Waals surface area contributed by atoms with Crippen LogP contribution in [0.4, 0.5) is 0 Å². The van der Waals surface area contributed by atoms with Crippen molar-refractivity contribution in [1.82, 2.24) is 5.32 Å². The molecule has 0 fully saturated rings. The molecule has 0 saturated carbocycles. The molecular formula is C18H24BrNS. The minimum absolute atomic E-state index is 0.104. The van der Waals surface area contributed by atoms with Gasteiger partial charge in [-0.2, -0.15) is 0 Å². The Balaban J connectivity index is 2.21. The second-order valence-electron chi connectivity index (χ2n) is 6.03. The van der Waals surface area contributed by atoms with Gasteiger partial charge in [0.1, 0.15) is 0 Å². The van der Waals surface area contributed by atoms with Gasteiger partial charge in [-0.3, -0.25) is 0 Å². The molecule has 0 spiro atoms. The van der Waals surface area contributed by atoms with Crippen LogP contribution in [-0.4, -0.2) is 12.6 Å². The number of hydrogen-bond acceptors (Lipinski definition) is 2. The summed E-state index contributed by atoms with van der Waals surface area (Å²) in [6.45, 7) is 7.98. The summed E-state index contributed by atoms with van der Waals surface area (Å²) in [7, 11) is 0. The highest BCUT2D eigenvalue weighted by molar-refractivity contribution is 9.10. The monoisotopic (exact) mass is 365 g/mol. The summed E-state index contributed by atoms with van der Waals surface area (Å²) in [5, 5.41) is 5.93. The fourth-order valence-corrected chi connectivity index (χ4v) is 4.13. The van der Waals surface area contributed by atoms with E-state index in [4.69, 9.17) is 0 Å². The van der Waals surface area contributed by atoms with Crippen molar-refractivity contribution in [2.45, 2.75) is 45.1 Å². The zero-order valence-electron chi connectivity index (χ0n) is 13.0. The van der Waals surface area contributed by atoms with Gasteiger partial charge in [0.2, 0.25) is 0 Å². The Morgan fingerprint density at radius 3 is 2.52 bits per heavy atom. The average molecular weight is 366 g/mol. The Morgan fingerprint density at radius 2 is 1.95 bits per heavy atom. The molecule has 0 aliphatic carbocycles. The first kappa shape index (κ1) is 16.7. The molecule has 1 N–H and O–H groups in total. The van der Waals surface area contributed by atoms with Crippen molar-refractivity contribution >= 4 is 27.3 Å². The fourth-order valence-electron chi connectivity index (χ4n) is 2.63. The lowest BCUT2D eigenvalue weighted by Gasteiger charge is -2.36. The van der Waals surface area contributed by atoms with Crippen molar-refractivity contribution in [3.8, 4) is 0 Å². The van der Waals surface area contributed by atoms with E-state index in [-0.39, 0.29) is 5.41 Å². The van der Waals surface area contributed by atoms with E-state index < -0.39 is 0 Å². The molecule has 1 atom stereocenters. The van der Waals surface area contributed by atoms with Crippen LogP contribution >= 0.6 is 27.3 Å². The van der Waals surface area contributed by atoms with Crippen LogP contribution < -0.4 is 5.32 Å². The molecule has 0 amide bonds. The lowest BCUT2D eigenvalue weighted by Crippen LogP contribution is -2.46. The minimum Gasteiger partial charge on any atom is -0.313 e. The predicted molar refractivity (Wildman–Crippen MR) is 97.3 cm³/mol. The Bertz CT molecular complexity index is 547. The number of benzene rings is 1. The van der Waals surface area contributed by atoms with Gasteiger partial charge in [-0.1, -0.05) is 51.1 Å². The Hall–Kier alpha value is -0.640. The molecule has 1 heterocycles. The van der Waals surface area contributed by atoms with E-state index in [9.17, 15) is 0 Å². The lowest BCUT2D eigenvalue weighted by atomic mass is 9.76. The van der Waals surface area contributed by atoms with Crippen molar-refractivity contribution in [2.24, 2.45) is 0 Å². The van der Waals surface area contributed by atoms with Gasteiger partial charge >= 0.3 is 0 Å². The first-order chi connectivity index (χ1) is 10.0. The maximum atomic E-state index is 3.76. The van der Waals surface area contributed by atoms with Crippen molar-refractivity contribution in [1.29, 1.82) is 0 Å². The Morgan fingerprint density at radius 1 is 1.24 bits per heavy atom. The molecule has 3 heteroatoms. The van der Waals surface area contributed by atoms with Crippen LogP contribution in [0.1, 0.15) is 37.6 Å². The predicted octanol–water partition coefficient (Wildman–Crippen LogP) is 5.40. The minimum atomic E-state index is 0.104. The van der Waals surface area contributed by atoms with Gasteiger partial charge < -0.3 is 5.32 Å². The van der Waals surface area contributed by atoms with Crippen LogP contribution in [0, 0.1) is 0 Å². The zero-order chi connectivity index (χ0) is 15.3.